The summed E-state index contributed by atoms with van der Waals surface area (Å²) in [5, 5.41) is 2.90. The fraction of sp³-hybridized carbons (Fsp3) is 0.778. The monoisotopic (exact) mass is 184 g/mol. The molecule has 1 saturated heterocycles. The maximum absolute atomic E-state index is 11.3. The molecule has 0 bridgehead atoms. The van der Waals surface area contributed by atoms with E-state index in [2.05, 4.69) is 5.32 Å². The molecule has 0 aliphatic carbocycles. The molecular formula is C9H16N2O2. The van der Waals surface area contributed by atoms with Crippen LogP contribution in [0.4, 0.5) is 0 Å². The first-order valence-corrected chi connectivity index (χ1v) is 4.63. The quantitative estimate of drug-likeness (QED) is 0.627. The third-order valence-electron chi connectivity index (χ3n) is 2.24. The van der Waals surface area contributed by atoms with Crippen LogP contribution in [0.5, 0.6) is 0 Å². The van der Waals surface area contributed by atoms with Crippen LogP contribution >= 0.6 is 0 Å². The molecule has 1 aliphatic rings. The van der Waals surface area contributed by atoms with Gasteiger partial charge in [-0.05, 0) is 6.42 Å². The van der Waals surface area contributed by atoms with Gasteiger partial charge in [0.1, 0.15) is 0 Å². The molecule has 74 valence electrons. The molecule has 1 N–H and O–H groups in total. The third kappa shape index (κ3) is 2.72. The summed E-state index contributed by atoms with van der Waals surface area (Å²) in [5.74, 6) is 0.0861. The lowest BCUT2D eigenvalue weighted by atomic mass is 10.2. The van der Waals surface area contributed by atoms with E-state index in [1.807, 2.05) is 13.8 Å². The molecule has 0 radical (unpaired) electrons. The summed E-state index contributed by atoms with van der Waals surface area (Å²) in [6.07, 6.45) is 1.71. The van der Waals surface area contributed by atoms with Gasteiger partial charge in [-0.1, -0.05) is 13.8 Å². The van der Waals surface area contributed by atoms with Crippen molar-refractivity contribution in [1.82, 2.24) is 10.2 Å². The number of carbonyl (C=O) groups excluding carboxylic acids is 2. The number of nitrogens with one attached hydrogen (secondary N) is 1. The zero-order chi connectivity index (χ0) is 9.84. The fourth-order valence-corrected chi connectivity index (χ4v) is 1.37. The Kier molecular flexibility index (Phi) is 3.28. The van der Waals surface area contributed by atoms with Crippen molar-refractivity contribution in [2.24, 2.45) is 5.92 Å². The molecule has 13 heavy (non-hydrogen) atoms. The number of likely N-dealkylation sites (tertiary alicyclic amines) is 1. The van der Waals surface area contributed by atoms with E-state index in [9.17, 15) is 9.59 Å². The highest BCUT2D eigenvalue weighted by Crippen LogP contribution is 2.07. The van der Waals surface area contributed by atoms with Crippen molar-refractivity contribution in [3.05, 3.63) is 0 Å². The molecule has 2 amide bonds. The summed E-state index contributed by atoms with van der Waals surface area (Å²) in [5.41, 5.74) is 0. The van der Waals surface area contributed by atoms with Crippen LogP contribution in [0.25, 0.3) is 0 Å². The third-order valence-corrected chi connectivity index (χ3v) is 2.24. The number of hydrogen-bond donors (Lipinski definition) is 1. The zero-order valence-electron chi connectivity index (χ0n) is 8.12. The maximum atomic E-state index is 11.3. The largest absolute Gasteiger partial charge is 0.351 e. The molecule has 1 aliphatic heterocycles. The Hall–Kier alpha value is -1.06. The molecule has 0 spiro atoms. The average molecular weight is 184 g/mol. The average Bonchev–Trinajstić information content (AvgIpc) is 2.52. The van der Waals surface area contributed by atoms with E-state index in [0.717, 1.165) is 19.4 Å². The standard InChI is InChI=1S/C9H16N2O2/c1-7(2)9(13)10-8-3-4-11(5-8)6-12/h6-8H,3-5H2,1-2H3,(H,10,13). The number of amides is 2. The molecular weight excluding hydrogens is 168 g/mol. The summed E-state index contributed by atoms with van der Waals surface area (Å²) < 4.78 is 0. The van der Waals surface area contributed by atoms with Crippen molar-refractivity contribution in [1.29, 1.82) is 0 Å². The second-order valence-corrected chi connectivity index (χ2v) is 3.75. The Morgan fingerprint density at radius 1 is 1.62 bits per heavy atom. The normalized spacial score (nSPS) is 22.1. The Morgan fingerprint density at radius 2 is 2.31 bits per heavy atom. The number of nitrogens with zero attached hydrogens (tertiary/aromatic N) is 1. The highest BCUT2D eigenvalue weighted by atomic mass is 16.2. The first-order valence-electron chi connectivity index (χ1n) is 4.63. The van der Waals surface area contributed by atoms with Crippen molar-refractivity contribution in [3.63, 3.8) is 0 Å². The van der Waals surface area contributed by atoms with Gasteiger partial charge in [0.15, 0.2) is 0 Å². The first-order chi connectivity index (χ1) is 6.13. The van der Waals surface area contributed by atoms with Crippen LogP contribution in [0.1, 0.15) is 20.3 Å². The van der Waals surface area contributed by atoms with Crippen molar-refractivity contribution in [3.8, 4) is 0 Å². The highest BCUT2D eigenvalue weighted by Gasteiger charge is 2.23. The van der Waals surface area contributed by atoms with Crippen LogP contribution < -0.4 is 5.32 Å². The summed E-state index contributed by atoms with van der Waals surface area (Å²) in [4.78, 5) is 23.3. The van der Waals surface area contributed by atoms with Gasteiger partial charge >= 0.3 is 0 Å². The van der Waals surface area contributed by atoms with E-state index in [0.29, 0.717) is 6.54 Å². The SMILES string of the molecule is CC(C)C(=O)NC1CCN(C=O)C1. The van der Waals surface area contributed by atoms with Crippen LogP contribution in [0.2, 0.25) is 0 Å². The number of hydrogen-bond acceptors (Lipinski definition) is 2. The summed E-state index contributed by atoms with van der Waals surface area (Å²) >= 11 is 0. The minimum Gasteiger partial charge on any atom is -0.351 e. The van der Waals surface area contributed by atoms with Gasteiger partial charge in [0.2, 0.25) is 12.3 Å². The highest BCUT2D eigenvalue weighted by molar-refractivity contribution is 5.78. The van der Waals surface area contributed by atoms with Gasteiger partial charge in [-0.3, -0.25) is 9.59 Å². The van der Waals surface area contributed by atoms with E-state index in [1.165, 1.54) is 0 Å². The molecule has 0 aromatic carbocycles. The van der Waals surface area contributed by atoms with Crippen LogP contribution in [0, 0.1) is 5.92 Å². The van der Waals surface area contributed by atoms with Crippen LogP contribution in [-0.4, -0.2) is 36.3 Å². The zero-order valence-corrected chi connectivity index (χ0v) is 8.12. The van der Waals surface area contributed by atoms with Gasteiger partial charge in [-0.25, -0.2) is 0 Å². The molecule has 0 saturated carbocycles. The summed E-state index contributed by atoms with van der Waals surface area (Å²) in [6.45, 7) is 5.14. The maximum Gasteiger partial charge on any atom is 0.222 e. The lowest BCUT2D eigenvalue weighted by molar-refractivity contribution is -0.125. The molecule has 1 rings (SSSR count). The van der Waals surface area contributed by atoms with Crippen molar-refractivity contribution >= 4 is 12.3 Å². The Balaban J connectivity index is 2.31. The lowest BCUT2D eigenvalue weighted by Crippen LogP contribution is -2.39. The second kappa shape index (κ2) is 4.25. The fourth-order valence-electron chi connectivity index (χ4n) is 1.37. The van der Waals surface area contributed by atoms with Gasteiger partial charge in [-0.15, -0.1) is 0 Å². The minimum atomic E-state index is 0.0188. The molecule has 4 heteroatoms. The molecule has 1 atom stereocenters. The van der Waals surface area contributed by atoms with Gasteiger partial charge in [0.05, 0.1) is 0 Å². The Bertz CT molecular complexity index is 204. The van der Waals surface area contributed by atoms with Crippen molar-refractivity contribution in [2.45, 2.75) is 26.3 Å². The van der Waals surface area contributed by atoms with Gasteiger partial charge < -0.3 is 10.2 Å². The minimum absolute atomic E-state index is 0.0188. The Labute approximate surface area is 78.3 Å². The second-order valence-electron chi connectivity index (χ2n) is 3.75. The molecule has 1 fully saturated rings. The van der Waals surface area contributed by atoms with Crippen molar-refractivity contribution < 1.29 is 9.59 Å². The van der Waals surface area contributed by atoms with E-state index in [1.54, 1.807) is 4.90 Å². The molecule has 0 aromatic rings. The Morgan fingerprint density at radius 3 is 2.77 bits per heavy atom. The van der Waals surface area contributed by atoms with Gasteiger partial charge in [0.25, 0.3) is 0 Å². The van der Waals surface area contributed by atoms with Crippen LogP contribution in [-0.2, 0) is 9.59 Å². The van der Waals surface area contributed by atoms with E-state index >= 15 is 0 Å². The van der Waals surface area contributed by atoms with Gasteiger partial charge in [0, 0.05) is 25.0 Å². The predicted octanol–water partition coefficient (Wildman–Crippen LogP) is -0.0107. The summed E-state index contributed by atoms with van der Waals surface area (Å²) in [6, 6.07) is 0.153. The summed E-state index contributed by atoms with van der Waals surface area (Å²) in [7, 11) is 0. The van der Waals surface area contributed by atoms with Crippen LogP contribution in [0.15, 0.2) is 0 Å². The number of rotatable bonds is 3. The predicted molar refractivity (Wildman–Crippen MR) is 49.0 cm³/mol. The molecule has 4 nitrogen and oxygen atoms in total. The van der Waals surface area contributed by atoms with Crippen LogP contribution in [0.3, 0.4) is 0 Å². The molecule has 0 aromatic heterocycles. The number of carbonyl (C=O) groups is 2. The molecule has 1 heterocycles. The topological polar surface area (TPSA) is 49.4 Å². The smallest absolute Gasteiger partial charge is 0.222 e. The first kappa shape index (κ1) is 10.0. The van der Waals surface area contributed by atoms with E-state index < -0.39 is 0 Å². The molecule has 1 unspecified atom stereocenters. The van der Waals surface area contributed by atoms with Crippen molar-refractivity contribution in [2.75, 3.05) is 13.1 Å². The van der Waals surface area contributed by atoms with Gasteiger partial charge in [-0.2, -0.15) is 0 Å². The lowest BCUT2D eigenvalue weighted by Gasteiger charge is -2.14. The van der Waals surface area contributed by atoms with E-state index in [-0.39, 0.29) is 17.9 Å². The van der Waals surface area contributed by atoms with E-state index in [4.69, 9.17) is 0 Å².